The van der Waals surface area contributed by atoms with Crippen molar-refractivity contribution in [2.24, 2.45) is 5.92 Å². The van der Waals surface area contributed by atoms with Crippen molar-refractivity contribution in [2.45, 2.75) is 30.9 Å². The van der Waals surface area contributed by atoms with Gasteiger partial charge in [-0.3, -0.25) is 4.79 Å². The Morgan fingerprint density at radius 1 is 1.40 bits per heavy atom. The molecule has 2 atom stereocenters. The predicted octanol–water partition coefficient (Wildman–Crippen LogP) is 1.86. The molecule has 10 heavy (non-hydrogen) atoms. The molecule has 0 bridgehead atoms. The molecule has 0 N–H and O–H groups in total. The molecule has 1 saturated heterocycles. The molecule has 0 amide bonds. The first-order chi connectivity index (χ1) is 4.88. The van der Waals surface area contributed by atoms with Crippen LogP contribution in [-0.2, 0) is 4.79 Å². The molecule has 0 aromatic rings. The molecule has 2 aliphatic rings. The lowest BCUT2D eigenvalue weighted by atomic mass is 9.86. The van der Waals surface area contributed by atoms with Gasteiger partial charge in [0.05, 0.1) is 0 Å². The average Bonchev–Trinajstić information content (AvgIpc) is 2.36. The maximum Gasteiger partial charge on any atom is 0.137 e. The molecule has 2 rings (SSSR count). The van der Waals surface area contributed by atoms with Crippen molar-refractivity contribution >= 4 is 17.5 Å². The molecule has 1 heterocycles. The first kappa shape index (κ1) is 6.71. The SMILES string of the molecule is O=C1CCCC2SCCC12. The summed E-state index contributed by atoms with van der Waals surface area (Å²) in [5, 5.41) is 0.709. The van der Waals surface area contributed by atoms with E-state index in [1.54, 1.807) is 0 Å². The number of thioether (sulfide) groups is 1. The van der Waals surface area contributed by atoms with Gasteiger partial charge in [-0.25, -0.2) is 0 Å². The standard InChI is InChI=1S/C8H12OS/c9-7-2-1-3-8-6(7)4-5-10-8/h6,8H,1-5H2. The second-order valence-electron chi connectivity index (χ2n) is 3.16. The number of ketones is 1. The minimum Gasteiger partial charge on any atom is -0.299 e. The zero-order valence-electron chi connectivity index (χ0n) is 6.01. The average molecular weight is 156 g/mol. The van der Waals surface area contributed by atoms with Crippen molar-refractivity contribution < 1.29 is 4.79 Å². The first-order valence-corrected chi connectivity index (χ1v) is 5.07. The molecule has 0 aromatic carbocycles. The van der Waals surface area contributed by atoms with Gasteiger partial charge in [0.2, 0.25) is 0 Å². The molecule has 1 nitrogen and oxygen atoms in total. The van der Waals surface area contributed by atoms with E-state index in [4.69, 9.17) is 0 Å². The smallest absolute Gasteiger partial charge is 0.137 e. The van der Waals surface area contributed by atoms with Gasteiger partial charge >= 0.3 is 0 Å². The summed E-state index contributed by atoms with van der Waals surface area (Å²) in [6, 6.07) is 0. The molecular formula is C8H12OS. The molecular weight excluding hydrogens is 144 g/mol. The van der Waals surface area contributed by atoms with Crippen LogP contribution in [0.4, 0.5) is 0 Å². The molecule has 56 valence electrons. The predicted molar refractivity (Wildman–Crippen MR) is 43.2 cm³/mol. The van der Waals surface area contributed by atoms with Crippen molar-refractivity contribution in [3.8, 4) is 0 Å². The Morgan fingerprint density at radius 3 is 3.10 bits per heavy atom. The monoisotopic (exact) mass is 156 g/mol. The van der Waals surface area contributed by atoms with Gasteiger partial charge < -0.3 is 0 Å². The van der Waals surface area contributed by atoms with E-state index in [9.17, 15) is 4.79 Å². The Bertz CT molecular complexity index is 155. The molecule has 1 aliphatic carbocycles. The topological polar surface area (TPSA) is 17.1 Å². The van der Waals surface area contributed by atoms with Crippen LogP contribution in [0, 0.1) is 5.92 Å². The maximum absolute atomic E-state index is 11.3. The minimum absolute atomic E-state index is 0.457. The fraction of sp³-hybridized carbons (Fsp3) is 0.875. The van der Waals surface area contributed by atoms with Gasteiger partial charge in [0.1, 0.15) is 5.78 Å². The molecule has 1 aliphatic heterocycles. The van der Waals surface area contributed by atoms with Gasteiger partial charge in [-0.05, 0) is 25.0 Å². The van der Waals surface area contributed by atoms with Crippen molar-refractivity contribution in [1.82, 2.24) is 0 Å². The first-order valence-electron chi connectivity index (χ1n) is 4.02. The van der Waals surface area contributed by atoms with E-state index >= 15 is 0 Å². The van der Waals surface area contributed by atoms with Crippen molar-refractivity contribution in [3.63, 3.8) is 0 Å². The van der Waals surface area contributed by atoms with E-state index in [0.717, 1.165) is 19.3 Å². The zero-order valence-corrected chi connectivity index (χ0v) is 6.82. The highest BCUT2D eigenvalue weighted by Crippen LogP contribution is 2.39. The number of hydrogen-bond donors (Lipinski definition) is 0. The van der Waals surface area contributed by atoms with E-state index in [2.05, 4.69) is 0 Å². The summed E-state index contributed by atoms with van der Waals surface area (Å²) in [6.07, 6.45) is 4.46. The maximum atomic E-state index is 11.3. The van der Waals surface area contributed by atoms with Gasteiger partial charge in [-0.15, -0.1) is 0 Å². The Balaban J connectivity index is 2.10. The Morgan fingerprint density at radius 2 is 2.30 bits per heavy atom. The summed E-state index contributed by atoms with van der Waals surface area (Å²) in [6.45, 7) is 0. The summed E-state index contributed by atoms with van der Waals surface area (Å²) in [5.41, 5.74) is 0. The second kappa shape index (κ2) is 2.57. The van der Waals surface area contributed by atoms with Crippen molar-refractivity contribution in [3.05, 3.63) is 0 Å². The molecule has 0 radical (unpaired) electrons. The normalized spacial score (nSPS) is 39.8. The summed E-state index contributed by atoms with van der Waals surface area (Å²) in [4.78, 5) is 11.3. The van der Waals surface area contributed by atoms with Crippen LogP contribution in [0.3, 0.4) is 0 Å². The Hall–Kier alpha value is 0.0200. The van der Waals surface area contributed by atoms with Crippen LogP contribution < -0.4 is 0 Å². The van der Waals surface area contributed by atoms with E-state index in [1.807, 2.05) is 11.8 Å². The van der Waals surface area contributed by atoms with Gasteiger partial charge in [0.25, 0.3) is 0 Å². The summed E-state index contributed by atoms with van der Waals surface area (Å²) >= 11 is 2.01. The van der Waals surface area contributed by atoms with E-state index in [0.29, 0.717) is 17.0 Å². The van der Waals surface area contributed by atoms with Crippen LogP contribution in [0.25, 0.3) is 0 Å². The van der Waals surface area contributed by atoms with Crippen LogP contribution in [0.15, 0.2) is 0 Å². The number of Topliss-reactive ketones (excluding diaryl/α,β-unsaturated/α-hetero) is 1. The van der Waals surface area contributed by atoms with Crippen LogP contribution in [0.5, 0.6) is 0 Å². The number of rotatable bonds is 0. The third kappa shape index (κ3) is 0.986. The van der Waals surface area contributed by atoms with Crippen LogP contribution in [0.1, 0.15) is 25.7 Å². The van der Waals surface area contributed by atoms with E-state index in [1.165, 1.54) is 12.2 Å². The quantitative estimate of drug-likeness (QED) is 0.532. The highest BCUT2D eigenvalue weighted by Gasteiger charge is 2.35. The fourth-order valence-electron chi connectivity index (χ4n) is 1.96. The Kier molecular flexibility index (Phi) is 1.73. The van der Waals surface area contributed by atoms with E-state index < -0.39 is 0 Å². The molecule has 1 saturated carbocycles. The molecule has 2 unspecified atom stereocenters. The fourth-order valence-corrected chi connectivity index (χ4v) is 3.51. The largest absolute Gasteiger partial charge is 0.299 e. The summed E-state index contributed by atoms with van der Waals surface area (Å²) in [7, 11) is 0. The van der Waals surface area contributed by atoms with Gasteiger partial charge in [-0.1, -0.05) is 0 Å². The zero-order chi connectivity index (χ0) is 6.97. The van der Waals surface area contributed by atoms with Crippen LogP contribution in [-0.4, -0.2) is 16.8 Å². The Labute approximate surface area is 65.6 Å². The lowest BCUT2D eigenvalue weighted by Gasteiger charge is -2.22. The lowest BCUT2D eigenvalue weighted by Crippen LogP contribution is -2.26. The molecule has 2 heteroatoms. The molecule has 0 aromatic heterocycles. The third-order valence-electron chi connectivity index (χ3n) is 2.53. The summed E-state index contributed by atoms with van der Waals surface area (Å²) in [5.74, 6) is 2.22. The highest BCUT2D eigenvalue weighted by atomic mass is 32.2. The molecule has 2 fully saturated rings. The number of carbonyl (C=O) groups is 1. The van der Waals surface area contributed by atoms with Crippen LogP contribution >= 0.6 is 11.8 Å². The van der Waals surface area contributed by atoms with Crippen LogP contribution in [0.2, 0.25) is 0 Å². The van der Waals surface area contributed by atoms with Gasteiger partial charge in [-0.2, -0.15) is 11.8 Å². The number of fused-ring (bicyclic) bond motifs is 1. The minimum atomic E-state index is 0.457. The third-order valence-corrected chi connectivity index (χ3v) is 4.00. The summed E-state index contributed by atoms with van der Waals surface area (Å²) < 4.78 is 0. The van der Waals surface area contributed by atoms with Gasteiger partial charge in [0, 0.05) is 17.6 Å². The number of hydrogen-bond acceptors (Lipinski definition) is 2. The van der Waals surface area contributed by atoms with Crippen molar-refractivity contribution in [2.75, 3.05) is 5.75 Å². The van der Waals surface area contributed by atoms with Crippen molar-refractivity contribution in [1.29, 1.82) is 0 Å². The molecule has 0 spiro atoms. The lowest BCUT2D eigenvalue weighted by molar-refractivity contribution is -0.124. The highest BCUT2D eigenvalue weighted by molar-refractivity contribution is 8.00. The number of carbonyl (C=O) groups excluding carboxylic acids is 1. The van der Waals surface area contributed by atoms with Gasteiger partial charge in [0.15, 0.2) is 0 Å². The van der Waals surface area contributed by atoms with E-state index in [-0.39, 0.29) is 0 Å². The second-order valence-corrected chi connectivity index (χ2v) is 4.51.